The number of aryl methyl sites for hydroxylation is 2. The van der Waals surface area contributed by atoms with Crippen LogP contribution in [0.4, 0.5) is 0 Å². The van der Waals surface area contributed by atoms with Crippen LogP contribution in [-0.2, 0) is 0 Å². The van der Waals surface area contributed by atoms with E-state index in [9.17, 15) is 9.59 Å². The number of carbonyl (C=O) groups excluding carboxylic acids is 1. The molecule has 0 aliphatic carbocycles. The number of aliphatic hydroxyl groups is 1. The van der Waals surface area contributed by atoms with Gasteiger partial charge in [0, 0.05) is 18.8 Å². The minimum absolute atomic E-state index is 0.157. The van der Waals surface area contributed by atoms with Gasteiger partial charge in [0.15, 0.2) is 0 Å². The average Bonchev–Trinajstić information content (AvgIpc) is 2.33. The molecule has 1 unspecified atom stereocenters. The van der Waals surface area contributed by atoms with Crippen LogP contribution in [0.1, 0.15) is 41.4 Å². The van der Waals surface area contributed by atoms with Gasteiger partial charge in [-0.3, -0.25) is 9.59 Å². The second kappa shape index (κ2) is 7.09. The van der Waals surface area contributed by atoms with E-state index in [-0.39, 0.29) is 29.6 Å². The molecule has 0 aliphatic rings. The molecule has 1 aromatic rings. The molecule has 0 radical (unpaired) electrons. The van der Waals surface area contributed by atoms with Gasteiger partial charge in [0.25, 0.3) is 11.5 Å². The zero-order chi connectivity index (χ0) is 14.4. The van der Waals surface area contributed by atoms with Crippen molar-refractivity contribution in [3.63, 3.8) is 0 Å². The number of aromatic nitrogens is 1. The van der Waals surface area contributed by atoms with Crippen LogP contribution in [0, 0.1) is 19.8 Å². The van der Waals surface area contributed by atoms with Crippen LogP contribution in [0.25, 0.3) is 0 Å². The van der Waals surface area contributed by atoms with Crippen LogP contribution < -0.4 is 10.9 Å². The summed E-state index contributed by atoms with van der Waals surface area (Å²) in [4.78, 5) is 26.3. The molecule has 3 N–H and O–H groups in total. The van der Waals surface area contributed by atoms with Gasteiger partial charge in [0.1, 0.15) is 5.56 Å². The molecule has 0 spiro atoms. The monoisotopic (exact) mass is 266 g/mol. The van der Waals surface area contributed by atoms with E-state index < -0.39 is 0 Å². The summed E-state index contributed by atoms with van der Waals surface area (Å²) in [6.45, 7) is 6.16. The molecule has 0 saturated carbocycles. The van der Waals surface area contributed by atoms with Gasteiger partial charge in [-0.25, -0.2) is 0 Å². The van der Waals surface area contributed by atoms with Gasteiger partial charge < -0.3 is 15.4 Å². The van der Waals surface area contributed by atoms with Crippen LogP contribution in [0.2, 0.25) is 0 Å². The zero-order valence-corrected chi connectivity index (χ0v) is 11.7. The topological polar surface area (TPSA) is 82.2 Å². The molecule has 0 saturated heterocycles. The summed E-state index contributed by atoms with van der Waals surface area (Å²) in [5.74, 6) is -0.100. The Kier molecular flexibility index (Phi) is 5.76. The van der Waals surface area contributed by atoms with Gasteiger partial charge in [-0.2, -0.15) is 0 Å². The maximum Gasteiger partial charge on any atom is 0.261 e. The highest BCUT2D eigenvalue weighted by atomic mass is 16.3. The Hall–Kier alpha value is -1.62. The number of hydrogen-bond donors (Lipinski definition) is 3. The molecule has 1 atom stereocenters. The van der Waals surface area contributed by atoms with Crippen LogP contribution in [0.3, 0.4) is 0 Å². The number of pyridine rings is 1. The SMILES string of the molecule is Cc1cc(C)c(C(=O)NCCCC(C)CO)c(=O)[nH]1. The Labute approximate surface area is 113 Å². The predicted molar refractivity (Wildman–Crippen MR) is 74.4 cm³/mol. The fourth-order valence-corrected chi connectivity index (χ4v) is 1.97. The number of aliphatic hydroxyl groups excluding tert-OH is 1. The fraction of sp³-hybridized carbons (Fsp3) is 0.571. The first-order valence-electron chi connectivity index (χ1n) is 6.55. The van der Waals surface area contributed by atoms with Gasteiger partial charge in [0.2, 0.25) is 0 Å². The first kappa shape index (κ1) is 15.4. The molecule has 0 bridgehead atoms. The number of nitrogens with one attached hydrogen (secondary N) is 2. The lowest BCUT2D eigenvalue weighted by Gasteiger charge is -2.09. The standard InChI is InChI=1S/C14H22N2O3/c1-9(8-17)5-4-6-15-13(18)12-10(2)7-11(3)16-14(12)19/h7,9,17H,4-6,8H2,1-3H3,(H,15,18)(H,16,19). The molecule has 5 heteroatoms. The lowest BCUT2D eigenvalue weighted by molar-refractivity contribution is 0.0950. The Balaban J connectivity index is 2.57. The van der Waals surface area contributed by atoms with E-state index >= 15 is 0 Å². The van der Waals surface area contributed by atoms with Crippen molar-refractivity contribution >= 4 is 5.91 Å². The molecule has 106 valence electrons. The summed E-state index contributed by atoms with van der Waals surface area (Å²) in [7, 11) is 0. The van der Waals surface area contributed by atoms with Crippen LogP contribution in [-0.4, -0.2) is 29.1 Å². The van der Waals surface area contributed by atoms with E-state index in [4.69, 9.17) is 5.11 Å². The highest BCUT2D eigenvalue weighted by Crippen LogP contribution is 2.05. The van der Waals surface area contributed by atoms with Crippen LogP contribution in [0.5, 0.6) is 0 Å². The Morgan fingerprint density at radius 1 is 1.47 bits per heavy atom. The molecule has 0 fully saturated rings. The first-order chi connectivity index (χ1) is 8.95. The number of hydrogen-bond acceptors (Lipinski definition) is 3. The largest absolute Gasteiger partial charge is 0.396 e. The molecule has 1 amide bonds. The lowest BCUT2D eigenvalue weighted by Crippen LogP contribution is -2.31. The van der Waals surface area contributed by atoms with E-state index in [0.717, 1.165) is 18.5 Å². The van der Waals surface area contributed by atoms with Crippen molar-refractivity contribution in [3.8, 4) is 0 Å². The minimum Gasteiger partial charge on any atom is -0.396 e. The number of H-pyrrole nitrogens is 1. The fourth-order valence-electron chi connectivity index (χ4n) is 1.97. The van der Waals surface area contributed by atoms with Crippen LogP contribution >= 0.6 is 0 Å². The zero-order valence-electron chi connectivity index (χ0n) is 11.7. The van der Waals surface area contributed by atoms with Gasteiger partial charge >= 0.3 is 0 Å². The molecule has 1 rings (SSSR count). The van der Waals surface area contributed by atoms with Crippen molar-refractivity contribution in [1.82, 2.24) is 10.3 Å². The predicted octanol–water partition coefficient (Wildman–Crippen LogP) is 1.13. The summed E-state index contributed by atoms with van der Waals surface area (Å²) in [5.41, 5.74) is 1.26. The van der Waals surface area contributed by atoms with Crippen molar-refractivity contribution in [1.29, 1.82) is 0 Å². The summed E-state index contributed by atoms with van der Waals surface area (Å²) in [6, 6.07) is 1.78. The number of aromatic amines is 1. The maximum absolute atomic E-state index is 11.9. The summed E-state index contributed by atoms with van der Waals surface area (Å²) >= 11 is 0. The van der Waals surface area contributed by atoms with E-state index in [1.54, 1.807) is 19.9 Å². The highest BCUT2D eigenvalue weighted by molar-refractivity contribution is 5.95. The van der Waals surface area contributed by atoms with E-state index in [2.05, 4.69) is 10.3 Å². The molecule has 0 aliphatic heterocycles. The van der Waals surface area contributed by atoms with E-state index in [0.29, 0.717) is 12.1 Å². The normalized spacial score (nSPS) is 12.2. The highest BCUT2D eigenvalue weighted by Gasteiger charge is 2.13. The summed E-state index contributed by atoms with van der Waals surface area (Å²) < 4.78 is 0. The minimum atomic E-state index is -0.348. The Morgan fingerprint density at radius 3 is 2.74 bits per heavy atom. The molecule has 1 heterocycles. The Morgan fingerprint density at radius 2 is 2.16 bits per heavy atom. The van der Waals surface area contributed by atoms with Gasteiger partial charge in [-0.1, -0.05) is 6.92 Å². The van der Waals surface area contributed by atoms with Crippen LogP contribution in [0.15, 0.2) is 10.9 Å². The maximum atomic E-state index is 11.9. The second-order valence-corrected chi connectivity index (χ2v) is 5.03. The number of rotatable bonds is 6. The quantitative estimate of drug-likeness (QED) is 0.675. The molecule has 0 aromatic carbocycles. The van der Waals surface area contributed by atoms with Crippen molar-refractivity contribution in [2.24, 2.45) is 5.92 Å². The van der Waals surface area contributed by atoms with Gasteiger partial charge in [-0.05, 0) is 44.2 Å². The van der Waals surface area contributed by atoms with E-state index in [1.807, 2.05) is 6.92 Å². The van der Waals surface area contributed by atoms with Crippen molar-refractivity contribution < 1.29 is 9.90 Å². The third-order valence-corrected chi connectivity index (χ3v) is 3.06. The molecule has 1 aromatic heterocycles. The van der Waals surface area contributed by atoms with Crippen molar-refractivity contribution in [2.75, 3.05) is 13.2 Å². The molecular weight excluding hydrogens is 244 g/mol. The average molecular weight is 266 g/mol. The molecule has 19 heavy (non-hydrogen) atoms. The van der Waals surface area contributed by atoms with E-state index in [1.165, 1.54) is 0 Å². The summed E-state index contributed by atoms with van der Waals surface area (Å²) in [5, 5.41) is 11.6. The van der Waals surface area contributed by atoms with Crippen molar-refractivity contribution in [3.05, 3.63) is 33.2 Å². The summed E-state index contributed by atoms with van der Waals surface area (Å²) in [6.07, 6.45) is 1.64. The number of amides is 1. The first-order valence-corrected chi connectivity index (χ1v) is 6.55. The Bertz CT molecular complexity index is 494. The van der Waals surface area contributed by atoms with Crippen molar-refractivity contribution in [2.45, 2.75) is 33.6 Å². The smallest absolute Gasteiger partial charge is 0.261 e. The third kappa shape index (κ3) is 4.52. The molecular formula is C14H22N2O3. The molecule has 5 nitrogen and oxygen atoms in total. The van der Waals surface area contributed by atoms with Gasteiger partial charge in [-0.15, -0.1) is 0 Å². The second-order valence-electron chi connectivity index (χ2n) is 5.03. The van der Waals surface area contributed by atoms with Gasteiger partial charge in [0.05, 0.1) is 0 Å². The number of carbonyl (C=O) groups is 1. The third-order valence-electron chi connectivity index (χ3n) is 3.06. The lowest BCUT2D eigenvalue weighted by atomic mass is 10.1.